The van der Waals surface area contributed by atoms with Gasteiger partial charge in [0.05, 0.1) is 17.6 Å². The van der Waals surface area contributed by atoms with Gasteiger partial charge in [-0.05, 0) is 24.3 Å². The molecule has 1 saturated heterocycles. The monoisotopic (exact) mass is 452 g/mol. The minimum atomic E-state index is -4.67. The summed E-state index contributed by atoms with van der Waals surface area (Å²) in [4.78, 5) is 26.6. The van der Waals surface area contributed by atoms with Crippen LogP contribution >= 0.6 is 0 Å². The molecule has 0 aliphatic carbocycles. The van der Waals surface area contributed by atoms with Crippen LogP contribution in [0.5, 0.6) is 5.75 Å². The van der Waals surface area contributed by atoms with Gasteiger partial charge in [0, 0.05) is 57.0 Å². The lowest BCUT2D eigenvalue weighted by atomic mass is 10.1. The lowest BCUT2D eigenvalue weighted by Crippen LogP contribution is -2.49. The van der Waals surface area contributed by atoms with Gasteiger partial charge in [-0.25, -0.2) is 0 Å². The number of nitro groups is 1. The number of benzene rings is 2. The molecule has 0 atom stereocenters. The third-order valence-electron chi connectivity index (χ3n) is 5.23. The highest BCUT2D eigenvalue weighted by molar-refractivity contribution is 5.77. The Morgan fingerprint density at radius 2 is 1.88 bits per heavy atom. The van der Waals surface area contributed by atoms with E-state index >= 15 is 0 Å². The van der Waals surface area contributed by atoms with Gasteiger partial charge in [-0.2, -0.15) is 13.2 Å². The Balaban J connectivity index is 1.52. The van der Waals surface area contributed by atoms with E-state index in [2.05, 4.69) is 10.2 Å². The number of halogens is 3. The number of nitro benzene ring substituents is 1. The number of methoxy groups -OCH3 is 1. The molecule has 0 unspecified atom stereocenters. The number of ether oxygens (including phenoxy) is 1. The van der Waals surface area contributed by atoms with Crippen LogP contribution in [0, 0.1) is 10.1 Å². The Kier molecular flexibility index (Phi) is 7.06. The molecule has 1 N–H and O–H groups in total. The Hall–Kier alpha value is -3.50. The van der Waals surface area contributed by atoms with Crippen molar-refractivity contribution in [3.63, 3.8) is 0 Å². The fraction of sp³-hybridized carbons (Fsp3) is 0.381. The zero-order chi connectivity index (χ0) is 23.3. The van der Waals surface area contributed by atoms with Crippen LogP contribution in [0.4, 0.5) is 30.2 Å². The van der Waals surface area contributed by atoms with Gasteiger partial charge in [0.1, 0.15) is 11.4 Å². The van der Waals surface area contributed by atoms with E-state index in [1.807, 2.05) is 24.3 Å². The summed E-state index contributed by atoms with van der Waals surface area (Å²) in [5.41, 5.74) is -0.828. The topological polar surface area (TPSA) is 88.0 Å². The third-order valence-corrected chi connectivity index (χ3v) is 5.23. The highest BCUT2D eigenvalue weighted by Crippen LogP contribution is 2.35. The predicted octanol–water partition coefficient (Wildman–Crippen LogP) is 3.77. The number of rotatable bonds is 7. The molecule has 2 aromatic carbocycles. The Morgan fingerprint density at radius 3 is 2.50 bits per heavy atom. The summed E-state index contributed by atoms with van der Waals surface area (Å²) in [7, 11) is 1.60. The SMILES string of the molecule is COc1cccc(N2CCN(C(=O)CCNc3ccc(C(F)(F)F)cc3[N+](=O)[O-])CC2)c1. The molecule has 1 aliphatic rings. The number of alkyl halides is 3. The molecular formula is C21H23F3N4O4. The van der Waals surface area contributed by atoms with Gasteiger partial charge >= 0.3 is 6.18 Å². The Bertz CT molecular complexity index is 976. The van der Waals surface area contributed by atoms with Crippen molar-refractivity contribution >= 4 is 23.0 Å². The van der Waals surface area contributed by atoms with Gasteiger partial charge in [0.2, 0.25) is 5.91 Å². The van der Waals surface area contributed by atoms with Crippen molar-refractivity contribution in [1.29, 1.82) is 0 Å². The van der Waals surface area contributed by atoms with Crippen molar-refractivity contribution in [3.05, 3.63) is 58.1 Å². The van der Waals surface area contributed by atoms with E-state index in [1.165, 1.54) is 0 Å². The maximum absolute atomic E-state index is 12.8. The number of nitrogens with one attached hydrogen (secondary N) is 1. The summed E-state index contributed by atoms with van der Waals surface area (Å²) in [5.74, 6) is 0.627. The first-order chi connectivity index (χ1) is 15.2. The maximum Gasteiger partial charge on any atom is 0.416 e. The summed E-state index contributed by atoms with van der Waals surface area (Å²) in [6.07, 6.45) is -4.61. The fourth-order valence-corrected chi connectivity index (χ4v) is 3.49. The molecule has 11 heteroatoms. The maximum atomic E-state index is 12.8. The van der Waals surface area contributed by atoms with E-state index in [1.54, 1.807) is 12.0 Å². The molecule has 0 bridgehead atoms. The van der Waals surface area contributed by atoms with Crippen LogP contribution in [-0.4, -0.2) is 55.6 Å². The Labute approximate surface area is 182 Å². The quantitative estimate of drug-likeness (QED) is 0.508. The number of hydrogen-bond donors (Lipinski definition) is 1. The second-order valence-electron chi connectivity index (χ2n) is 7.23. The number of amides is 1. The molecule has 1 amide bonds. The van der Waals surface area contributed by atoms with Crippen LogP contribution in [0.25, 0.3) is 0 Å². The smallest absolute Gasteiger partial charge is 0.416 e. The summed E-state index contributed by atoms with van der Waals surface area (Å²) in [5, 5.41) is 13.9. The Morgan fingerprint density at radius 1 is 1.16 bits per heavy atom. The molecule has 0 radical (unpaired) electrons. The van der Waals surface area contributed by atoms with Gasteiger partial charge in [-0.15, -0.1) is 0 Å². The molecule has 1 aliphatic heterocycles. The zero-order valence-corrected chi connectivity index (χ0v) is 17.4. The molecule has 3 rings (SSSR count). The van der Waals surface area contributed by atoms with Gasteiger partial charge in [-0.3, -0.25) is 14.9 Å². The highest BCUT2D eigenvalue weighted by atomic mass is 19.4. The van der Waals surface area contributed by atoms with E-state index in [0.717, 1.165) is 23.6 Å². The minimum Gasteiger partial charge on any atom is -0.497 e. The predicted molar refractivity (Wildman–Crippen MR) is 113 cm³/mol. The summed E-state index contributed by atoms with van der Waals surface area (Å²) < 4.78 is 43.6. The van der Waals surface area contributed by atoms with E-state index in [4.69, 9.17) is 4.74 Å². The number of nitrogens with zero attached hydrogens (tertiary/aromatic N) is 3. The highest BCUT2D eigenvalue weighted by Gasteiger charge is 2.33. The van der Waals surface area contributed by atoms with E-state index in [9.17, 15) is 28.1 Å². The van der Waals surface area contributed by atoms with Crippen molar-refractivity contribution in [2.24, 2.45) is 0 Å². The minimum absolute atomic E-state index is 0.0568. The average Bonchev–Trinajstić information content (AvgIpc) is 2.78. The normalized spacial score (nSPS) is 14.2. The van der Waals surface area contributed by atoms with E-state index in [-0.39, 0.29) is 24.6 Å². The first-order valence-electron chi connectivity index (χ1n) is 9.95. The fourth-order valence-electron chi connectivity index (χ4n) is 3.49. The van der Waals surface area contributed by atoms with Crippen molar-refractivity contribution in [2.45, 2.75) is 12.6 Å². The number of hydrogen-bond acceptors (Lipinski definition) is 6. The summed E-state index contributed by atoms with van der Waals surface area (Å²) >= 11 is 0. The van der Waals surface area contributed by atoms with Crippen molar-refractivity contribution in [3.8, 4) is 5.75 Å². The van der Waals surface area contributed by atoms with Crippen LogP contribution in [0.2, 0.25) is 0 Å². The standard InChI is InChI=1S/C21H23F3N4O4/c1-32-17-4-2-3-16(14-17)26-9-11-27(12-10-26)20(29)7-8-25-18-6-5-15(21(22,23)24)13-19(18)28(30)31/h2-6,13-14,25H,7-12H2,1H3. The van der Waals surface area contributed by atoms with Crippen LogP contribution < -0.4 is 15.0 Å². The van der Waals surface area contributed by atoms with Crippen LogP contribution in [0.1, 0.15) is 12.0 Å². The number of piperazine rings is 1. The second kappa shape index (κ2) is 9.75. The first-order valence-corrected chi connectivity index (χ1v) is 9.95. The largest absolute Gasteiger partial charge is 0.497 e. The van der Waals surface area contributed by atoms with Gasteiger partial charge in [0.25, 0.3) is 5.69 Å². The van der Waals surface area contributed by atoms with E-state index in [0.29, 0.717) is 32.2 Å². The lowest BCUT2D eigenvalue weighted by molar-refractivity contribution is -0.384. The first kappa shape index (κ1) is 23.2. The van der Waals surface area contributed by atoms with Gasteiger partial charge in [0.15, 0.2) is 0 Å². The zero-order valence-electron chi connectivity index (χ0n) is 17.4. The molecule has 172 valence electrons. The molecule has 8 nitrogen and oxygen atoms in total. The number of carbonyl (C=O) groups is 1. The molecule has 1 heterocycles. The number of carbonyl (C=O) groups excluding carboxylic acids is 1. The summed E-state index contributed by atoms with van der Waals surface area (Å²) in [6, 6.07) is 9.93. The average molecular weight is 452 g/mol. The van der Waals surface area contributed by atoms with Gasteiger partial charge < -0.3 is 19.9 Å². The third kappa shape index (κ3) is 5.59. The molecule has 0 aromatic heterocycles. The second-order valence-corrected chi connectivity index (χ2v) is 7.23. The van der Waals surface area contributed by atoms with Crippen LogP contribution in [0.3, 0.4) is 0 Å². The molecular weight excluding hydrogens is 429 g/mol. The molecule has 2 aromatic rings. The van der Waals surface area contributed by atoms with Crippen molar-refractivity contribution in [2.75, 3.05) is 50.1 Å². The molecule has 32 heavy (non-hydrogen) atoms. The number of anilines is 2. The van der Waals surface area contributed by atoms with Crippen molar-refractivity contribution < 1.29 is 27.6 Å². The lowest BCUT2D eigenvalue weighted by Gasteiger charge is -2.36. The van der Waals surface area contributed by atoms with Gasteiger partial charge in [-0.1, -0.05) is 6.07 Å². The molecule has 0 spiro atoms. The van der Waals surface area contributed by atoms with E-state index < -0.39 is 22.4 Å². The summed E-state index contributed by atoms with van der Waals surface area (Å²) in [6.45, 7) is 2.42. The molecule has 0 saturated carbocycles. The van der Waals surface area contributed by atoms with Crippen LogP contribution in [-0.2, 0) is 11.0 Å². The van der Waals surface area contributed by atoms with Crippen molar-refractivity contribution in [1.82, 2.24) is 4.90 Å². The molecule has 1 fully saturated rings. The van der Waals surface area contributed by atoms with Crippen LogP contribution in [0.15, 0.2) is 42.5 Å².